The van der Waals surface area contributed by atoms with Gasteiger partial charge in [0, 0.05) is 30.9 Å². The average Bonchev–Trinajstić information content (AvgIpc) is 2.96. The van der Waals surface area contributed by atoms with Gasteiger partial charge in [0.1, 0.15) is 0 Å². The van der Waals surface area contributed by atoms with E-state index in [1.165, 1.54) is 4.88 Å². The quantitative estimate of drug-likeness (QED) is 0.601. The number of hydrogen-bond acceptors (Lipinski definition) is 5. The Labute approximate surface area is 117 Å². The molecular formula is C13H20N2O3S. The summed E-state index contributed by atoms with van der Waals surface area (Å²) in [5.41, 5.74) is 2.49. The summed E-state index contributed by atoms with van der Waals surface area (Å²) in [5.74, 6) is -0.0598. The van der Waals surface area contributed by atoms with Crippen molar-refractivity contribution in [3.8, 4) is 0 Å². The van der Waals surface area contributed by atoms with Crippen LogP contribution in [0.2, 0.25) is 0 Å². The van der Waals surface area contributed by atoms with Crippen LogP contribution in [0.1, 0.15) is 11.3 Å². The van der Waals surface area contributed by atoms with Gasteiger partial charge in [-0.15, -0.1) is 11.3 Å². The number of thiophene rings is 1. The summed E-state index contributed by atoms with van der Waals surface area (Å²) in [5, 5.41) is 2.02. The Bertz CT molecular complexity index is 364. The number of amides is 1. The third kappa shape index (κ3) is 5.69. The first-order valence-corrected chi connectivity index (χ1v) is 7.45. The lowest BCUT2D eigenvalue weighted by Crippen LogP contribution is -2.39. The molecule has 1 aromatic rings. The van der Waals surface area contributed by atoms with Gasteiger partial charge in [-0.3, -0.25) is 14.5 Å². The first-order chi connectivity index (χ1) is 9.34. The van der Waals surface area contributed by atoms with Crippen molar-refractivity contribution < 1.29 is 14.4 Å². The molecule has 1 saturated heterocycles. The van der Waals surface area contributed by atoms with Gasteiger partial charge in [-0.2, -0.15) is 0 Å². The summed E-state index contributed by atoms with van der Waals surface area (Å²) in [6.07, 6.45) is 1.24. The molecule has 5 nitrogen and oxygen atoms in total. The average molecular weight is 284 g/mol. The lowest BCUT2D eigenvalue weighted by molar-refractivity contribution is -0.134. The van der Waals surface area contributed by atoms with Crippen molar-refractivity contribution in [2.75, 3.05) is 39.5 Å². The minimum absolute atomic E-state index is 0.0598. The maximum absolute atomic E-state index is 11.5. The van der Waals surface area contributed by atoms with Gasteiger partial charge in [-0.25, -0.2) is 5.48 Å². The molecule has 1 N–H and O–H groups in total. The Balaban J connectivity index is 1.49. The molecular weight excluding hydrogens is 264 g/mol. The summed E-state index contributed by atoms with van der Waals surface area (Å²) < 4.78 is 5.26. The normalized spacial score (nSPS) is 16.4. The number of carbonyl (C=O) groups is 1. The number of hydrogen-bond donors (Lipinski definition) is 1. The second kappa shape index (κ2) is 8.27. The fourth-order valence-electron chi connectivity index (χ4n) is 1.87. The van der Waals surface area contributed by atoms with Crippen molar-refractivity contribution in [1.82, 2.24) is 10.4 Å². The second-order valence-corrected chi connectivity index (χ2v) is 5.44. The molecule has 6 heteroatoms. The molecule has 0 saturated carbocycles. The molecule has 0 aliphatic carbocycles. The summed E-state index contributed by atoms with van der Waals surface area (Å²) in [4.78, 5) is 20.2. The van der Waals surface area contributed by atoms with Crippen LogP contribution in [0.15, 0.2) is 17.5 Å². The van der Waals surface area contributed by atoms with Gasteiger partial charge in [-0.05, 0) is 17.9 Å². The van der Waals surface area contributed by atoms with E-state index in [-0.39, 0.29) is 5.91 Å². The molecule has 0 aromatic carbocycles. The van der Waals surface area contributed by atoms with Crippen molar-refractivity contribution in [1.29, 1.82) is 0 Å². The van der Waals surface area contributed by atoms with E-state index in [4.69, 9.17) is 9.57 Å². The van der Waals surface area contributed by atoms with E-state index >= 15 is 0 Å². The van der Waals surface area contributed by atoms with Crippen molar-refractivity contribution in [2.45, 2.75) is 12.8 Å². The molecule has 1 fully saturated rings. The minimum atomic E-state index is -0.0598. The standard InChI is InChI=1S/C13H20N2O3S/c16-13(4-3-12-2-1-11-19-12)14-18-10-7-15-5-8-17-9-6-15/h1-2,11H,3-10H2,(H,14,16). The molecule has 2 rings (SSSR count). The summed E-state index contributed by atoms with van der Waals surface area (Å²) in [6, 6.07) is 4.04. The Kier molecular flexibility index (Phi) is 6.29. The highest BCUT2D eigenvalue weighted by Gasteiger charge is 2.09. The van der Waals surface area contributed by atoms with E-state index in [1.54, 1.807) is 11.3 Å². The van der Waals surface area contributed by atoms with E-state index in [0.29, 0.717) is 13.0 Å². The third-order valence-corrected chi connectivity index (χ3v) is 3.91. The summed E-state index contributed by atoms with van der Waals surface area (Å²) in [7, 11) is 0. The number of nitrogens with zero attached hydrogens (tertiary/aromatic N) is 1. The molecule has 1 amide bonds. The van der Waals surface area contributed by atoms with Gasteiger partial charge < -0.3 is 4.74 Å². The van der Waals surface area contributed by atoms with Crippen LogP contribution in [0.4, 0.5) is 0 Å². The van der Waals surface area contributed by atoms with E-state index in [9.17, 15) is 4.79 Å². The van der Waals surface area contributed by atoms with Crippen LogP contribution in [0.5, 0.6) is 0 Å². The molecule has 1 aliphatic heterocycles. The number of aryl methyl sites for hydroxylation is 1. The molecule has 0 bridgehead atoms. The molecule has 0 atom stereocenters. The second-order valence-electron chi connectivity index (χ2n) is 4.41. The number of ether oxygens (including phenoxy) is 1. The first kappa shape index (κ1) is 14.5. The maximum Gasteiger partial charge on any atom is 0.243 e. The fraction of sp³-hybridized carbons (Fsp3) is 0.615. The van der Waals surface area contributed by atoms with E-state index < -0.39 is 0 Å². The van der Waals surface area contributed by atoms with Gasteiger partial charge in [-0.1, -0.05) is 6.07 Å². The molecule has 0 radical (unpaired) electrons. The lowest BCUT2D eigenvalue weighted by atomic mass is 10.2. The van der Waals surface area contributed by atoms with Crippen LogP contribution < -0.4 is 5.48 Å². The van der Waals surface area contributed by atoms with Crippen molar-refractivity contribution in [3.63, 3.8) is 0 Å². The predicted octanol–water partition coefficient (Wildman–Crippen LogP) is 1.06. The van der Waals surface area contributed by atoms with E-state index in [1.807, 2.05) is 17.5 Å². The van der Waals surface area contributed by atoms with Gasteiger partial charge in [0.25, 0.3) is 0 Å². The topological polar surface area (TPSA) is 50.8 Å². The highest BCUT2D eigenvalue weighted by molar-refractivity contribution is 7.09. The Morgan fingerprint density at radius 3 is 3.05 bits per heavy atom. The Morgan fingerprint density at radius 1 is 1.47 bits per heavy atom. The SMILES string of the molecule is O=C(CCc1cccs1)NOCCN1CCOCC1. The third-order valence-electron chi connectivity index (χ3n) is 2.98. The molecule has 0 spiro atoms. The fourth-order valence-corrected chi connectivity index (χ4v) is 2.58. The molecule has 1 aliphatic rings. The lowest BCUT2D eigenvalue weighted by Gasteiger charge is -2.26. The molecule has 2 heterocycles. The minimum Gasteiger partial charge on any atom is -0.379 e. The molecule has 0 unspecified atom stereocenters. The van der Waals surface area contributed by atoms with Crippen LogP contribution in [0.3, 0.4) is 0 Å². The van der Waals surface area contributed by atoms with Gasteiger partial charge in [0.05, 0.1) is 19.8 Å². The van der Waals surface area contributed by atoms with Gasteiger partial charge in [0.2, 0.25) is 5.91 Å². The highest BCUT2D eigenvalue weighted by Crippen LogP contribution is 2.10. The predicted molar refractivity (Wildman–Crippen MR) is 74.0 cm³/mol. The molecule has 106 valence electrons. The number of rotatable bonds is 7. The van der Waals surface area contributed by atoms with Gasteiger partial charge in [0.15, 0.2) is 0 Å². The van der Waals surface area contributed by atoms with Crippen molar-refractivity contribution in [3.05, 3.63) is 22.4 Å². The van der Waals surface area contributed by atoms with Crippen molar-refractivity contribution >= 4 is 17.2 Å². The summed E-state index contributed by atoms with van der Waals surface area (Å²) >= 11 is 1.67. The largest absolute Gasteiger partial charge is 0.379 e. The highest BCUT2D eigenvalue weighted by atomic mass is 32.1. The number of morpholine rings is 1. The van der Waals surface area contributed by atoms with Crippen LogP contribution in [-0.4, -0.2) is 50.3 Å². The Hall–Kier alpha value is -0.950. The number of carbonyl (C=O) groups excluding carboxylic acids is 1. The molecule has 1 aromatic heterocycles. The van der Waals surface area contributed by atoms with E-state index in [0.717, 1.165) is 39.3 Å². The molecule has 19 heavy (non-hydrogen) atoms. The summed E-state index contributed by atoms with van der Waals surface area (Å²) in [6.45, 7) is 4.80. The zero-order valence-electron chi connectivity index (χ0n) is 11.0. The zero-order chi connectivity index (χ0) is 13.3. The van der Waals surface area contributed by atoms with Crippen LogP contribution >= 0.6 is 11.3 Å². The monoisotopic (exact) mass is 284 g/mol. The van der Waals surface area contributed by atoms with Crippen LogP contribution in [0.25, 0.3) is 0 Å². The smallest absolute Gasteiger partial charge is 0.243 e. The van der Waals surface area contributed by atoms with Crippen LogP contribution in [-0.2, 0) is 20.8 Å². The zero-order valence-corrected chi connectivity index (χ0v) is 11.8. The Morgan fingerprint density at radius 2 is 2.32 bits per heavy atom. The number of hydroxylamine groups is 1. The number of nitrogens with one attached hydrogen (secondary N) is 1. The van der Waals surface area contributed by atoms with Crippen LogP contribution in [0, 0.1) is 0 Å². The van der Waals surface area contributed by atoms with Gasteiger partial charge >= 0.3 is 0 Å². The first-order valence-electron chi connectivity index (χ1n) is 6.58. The maximum atomic E-state index is 11.5. The van der Waals surface area contributed by atoms with Crippen molar-refractivity contribution in [2.24, 2.45) is 0 Å². The van der Waals surface area contributed by atoms with E-state index in [2.05, 4.69) is 10.4 Å².